The Kier molecular flexibility index (Phi) is 6.07. The quantitative estimate of drug-likeness (QED) is 0.554. The van der Waals surface area contributed by atoms with Crippen molar-refractivity contribution in [3.8, 4) is 5.75 Å². The lowest BCUT2D eigenvalue weighted by Crippen LogP contribution is -2.38. The van der Waals surface area contributed by atoms with Gasteiger partial charge in [0.25, 0.3) is 15.9 Å². The Morgan fingerprint density at radius 3 is 2.69 bits per heavy atom. The number of carbonyl (C=O) groups is 1. The highest BCUT2D eigenvalue weighted by molar-refractivity contribution is 7.92. The molecule has 0 spiro atoms. The maximum Gasteiger partial charge on any atom is 0.265 e. The highest BCUT2D eigenvalue weighted by Gasteiger charge is 2.31. The van der Waals surface area contributed by atoms with E-state index in [0.717, 1.165) is 5.56 Å². The molecule has 0 atom stereocenters. The molecule has 168 valence electrons. The number of hydrogen-bond acceptors (Lipinski definition) is 7. The number of benzene rings is 2. The molecule has 9 nitrogen and oxygen atoms in total. The number of fused-ring (bicyclic) bond motifs is 1. The van der Waals surface area contributed by atoms with Gasteiger partial charge in [-0.3, -0.25) is 14.4 Å². The number of aromatic nitrogens is 2. The number of nitrogens with one attached hydrogen (secondary N) is 1. The van der Waals surface area contributed by atoms with Gasteiger partial charge in [-0.25, -0.2) is 8.42 Å². The molecule has 3 aromatic rings. The minimum Gasteiger partial charge on any atom is -0.482 e. The molecule has 0 bridgehead atoms. The molecule has 1 amide bonds. The molecule has 32 heavy (non-hydrogen) atoms. The Labute approximate surface area is 190 Å². The molecule has 1 N–H and O–H groups in total. The van der Waals surface area contributed by atoms with E-state index in [1.165, 1.54) is 17.0 Å². The average Bonchev–Trinajstić information content (AvgIpc) is 3.23. The number of aryl methyl sites for hydroxylation is 2. The van der Waals surface area contributed by atoms with Gasteiger partial charge in [-0.2, -0.15) is 4.98 Å². The van der Waals surface area contributed by atoms with Crippen LogP contribution in [-0.4, -0.2) is 31.1 Å². The van der Waals surface area contributed by atoms with E-state index >= 15 is 0 Å². The number of sulfonamides is 1. The molecule has 11 heteroatoms. The van der Waals surface area contributed by atoms with Crippen LogP contribution in [0, 0.1) is 0 Å². The van der Waals surface area contributed by atoms with Crippen LogP contribution in [0.4, 0.5) is 11.4 Å². The Balaban J connectivity index is 1.68. The lowest BCUT2D eigenvalue weighted by atomic mass is 10.1. The first-order valence-corrected chi connectivity index (χ1v) is 11.9. The van der Waals surface area contributed by atoms with E-state index < -0.39 is 10.0 Å². The smallest absolute Gasteiger partial charge is 0.265 e. The van der Waals surface area contributed by atoms with Crippen LogP contribution in [0.5, 0.6) is 5.75 Å². The fraction of sp³-hybridized carbons (Fsp3) is 0.286. The van der Waals surface area contributed by atoms with E-state index in [0.29, 0.717) is 35.9 Å². The SMILES string of the molecule is CCc1nc(CN2C(=O)COc3cc(S(=O)(=O)Nc4ccccc4CC)c(Cl)cc32)no1. The molecule has 0 unspecified atom stereocenters. The van der Waals surface area contributed by atoms with Gasteiger partial charge in [0.1, 0.15) is 10.6 Å². The molecule has 0 radical (unpaired) electrons. The molecule has 1 aliphatic rings. The van der Waals surface area contributed by atoms with Gasteiger partial charge in [0, 0.05) is 12.5 Å². The van der Waals surface area contributed by atoms with Crippen molar-refractivity contribution in [2.75, 3.05) is 16.2 Å². The first kappa shape index (κ1) is 22.1. The number of carbonyl (C=O) groups excluding carboxylic acids is 1. The van der Waals surface area contributed by atoms with Crippen LogP contribution in [0.3, 0.4) is 0 Å². The Hall–Kier alpha value is -3.11. The van der Waals surface area contributed by atoms with Crippen LogP contribution >= 0.6 is 11.6 Å². The van der Waals surface area contributed by atoms with Gasteiger partial charge >= 0.3 is 0 Å². The van der Waals surface area contributed by atoms with E-state index in [1.54, 1.807) is 12.1 Å². The van der Waals surface area contributed by atoms with Crippen LogP contribution in [-0.2, 0) is 34.2 Å². The second kappa shape index (κ2) is 8.79. The molecule has 0 saturated carbocycles. The molecular formula is C21H21ClN4O5S. The van der Waals surface area contributed by atoms with Crippen LogP contribution < -0.4 is 14.4 Å². The predicted molar refractivity (Wildman–Crippen MR) is 118 cm³/mol. The van der Waals surface area contributed by atoms with Crippen LogP contribution in [0.15, 0.2) is 45.8 Å². The molecule has 0 aliphatic carbocycles. The number of anilines is 2. The van der Waals surface area contributed by atoms with Gasteiger partial charge in [0.05, 0.1) is 22.9 Å². The van der Waals surface area contributed by atoms with Crippen molar-refractivity contribution < 1.29 is 22.5 Å². The second-order valence-electron chi connectivity index (χ2n) is 7.09. The standard InChI is InChI=1S/C21H21ClN4O5S/c1-3-13-7-5-6-8-15(13)25-32(28,29)18-10-17-16(9-14(18)22)26(21(27)12-30-17)11-19-23-20(4-2)31-24-19/h5-10,25H,3-4,11-12H2,1-2H3. The van der Waals surface area contributed by atoms with Gasteiger partial charge in [-0.1, -0.05) is 48.8 Å². The van der Waals surface area contributed by atoms with E-state index in [1.807, 2.05) is 26.0 Å². The largest absolute Gasteiger partial charge is 0.482 e. The van der Waals surface area contributed by atoms with E-state index in [9.17, 15) is 13.2 Å². The van der Waals surface area contributed by atoms with Gasteiger partial charge in [0.15, 0.2) is 12.4 Å². The molecule has 1 aliphatic heterocycles. The zero-order valence-electron chi connectivity index (χ0n) is 17.5. The van der Waals surface area contributed by atoms with Crippen LogP contribution in [0.2, 0.25) is 5.02 Å². The maximum atomic E-state index is 13.1. The summed E-state index contributed by atoms with van der Waals surface area (Å²) in [7, 11) is -4.01. The van der Waals surface area contributed by atoms with Crippen LogP contribution in [0.1, 0.15) is 31.1 Å². The third-order valence-electron chi connectivity index (χ3n) is 5.00. The second-order valence-corrected chi connectivity index (χ2v) is 9.15. The first-order chi connectivity index (χ1) is 15.3. The van der Waals surface area contributed by atoms with E-state index in [-0.39, 0.29) is 34.7 Å². The van der Waals surface area contributed by atoms with Gasteiger partial charge in [0.2, 0.25) is 5.89 Å². The highest BCUT2D eigenvalue weighted by Crippen LogP contribution is 2.39. The summed E-state index contributed by atoms with van der Waals surface area (Å²) in [5, 5.41) is 3.83. The predicted octanol–water partition coefficient (Wildman–Crippen LogP) is 3.57. The van der Waals surface area contributed by atoms with E-state index in [2.05, 4.69) is 14.9 Å². The molecule has 2 aromatic carbocycles. The van der Waals surface area contributed by atoms with Crippen molar-refractivity contribution in [2.24, 2.45) is 0 Å². The number of rotatable bonds is 7. The van der Waals surface area contributed by atoms with Gasteiger partial charge < -0.3 is 9.26 Å². The lowest BCUT2D eigenvalue weighted by Gasteiger charge is -2.29. The molecule has 1 aromatic heterocycles. The summed E-state index contributed by atoms with van der Waals surface area (Å²) in [5.41, 5.74) is 1.66. The number of amides is 1. The summed E-state index contributed by atoms with van der Waals surface area (Å²) < 4.78 is 39.4. The van der Waals surface area contributed by atoms with E-state index in [4.69, 9.17) is 20.9 Å². The summed E-state index contributed by atoms with van der Waals surface area (Å²) in [6, 6.07) is 9.85. The fourth-order valence-corrected chi connectivity index (χ4v) is 4.99. The van der Waals surface area contributed by atoms with Gasteiger partial charge in [-0.15, -0.1) is 0 Å². The third-order valence-corrected chi connectivity index (χ3v) is 6.83. The summed E-state index contributed by atoms with van der Waals surface area (Å²) in [6.45, 7) is 3.61. The zero-order chi connectivity index (χ0) is 22.9. The third kappa shape index (κ3) is 4.28. The highest BCUT2D eigenvalue weighted by atomic mass is 35.5. The minimum atomic E-state index is -4.01. The van der Waals surface area contributed by atoms with Crippen molar-refractivity contribution in [1.29, 1.82) is 0 Å². The topological polar surface area (TPSA) is 115 Å². The first-order valence-electron chi connectivity index (χ1n) is 10.0. The molecule has 0 fully saturated rings. The molecule has 2 heterocycles. The van der Waals surface area contributed by atoms with Crippen molar-refractivity contribution in [2.45, 2.75) is 38.1 Å². The van der Waals surface area contributed by atoms with Crippen LogP contribution in [0.25, 0.3) is 0 Å². The number of hydrogen-bond donors (Lipinski definition) is 1. The van der Waals surface area contributed by atoms with Crippen molar-refractivity contribution in [1.82, 2.24) is 10.1 Å². The fourth-order valence-electron chi connectivity index (χ4n) is 3.35. The van der Waals surface area contributed by atoms with Gasteiger partial charge in [-0.05, 0) is 24.1 Å². The summed E-state index contributed by atoms with van der Waals surface area (Å²) in [6.07, 6.45) is 1.23. The number of nitrogens with zero attached hydrogens (tertiary/aromatic N) is 3. The number of para-hydroxylation sites is 1. The molecule has 0 saturated heterocycles. The van der Waals surface area contributed by atoms with Crippen molar-refractivity contribution >= 4 is 38.9 Å². The molecular weight excluding hydrogens is 456 g/mol. The molecule has 4 rings (SSSR count). The average molecular weight is 477 g/mol. The summed E-state index contributed by atoms with van der Waals surface area (Å²) in [4.78, 5) is 18.0. The monoisotopic (exact) mass is 476 g/mol. The van der Waals surface area contributed by atoms with Crippen molar-refractivity contribution in [3.63, 3.8) is 0 Å². The number of halogens is 1. The number of ether oxygens (including phenoxy) is 1. The summed E-state index contributed by atoms with van der Waals surface area (Å²) in [5.74, 6) is 0.673. The Morgan fingerprint density at radius 1 is 1.19 bits per heavy atom. The Morgan fingerprint density at radius 2 is 1.97 bits per heavy atom. The lowest BCUT2D eigenvalue weighted by molar-refractivity contribution is -0.121. The minimum absolute atomic E-state index is 0.0449. The normalized spacial score (nSPS) is 13.6. The summed E-state index contributed by atoms with van der Waals surface area (Å²) >= 11 is 6.37. The maximum absolute atomic E-state index is 13.1. The Bertz CT molecular complexity index is 1270. The zero-order valence-corrected chi connectivity index (χ0v) is 19.0. The van der Waals surface area contributed by atoms with Crippen molar-refractivity contribution in [3.05, 3.63) is 58.7 Å².